The summed E-state index contributed by atoms with van der Waals surface area (Å²) in [5.74, 6) is -0.235. The van der Waals surface area contributed by atoms with Crippen LogP contribution < -0.4 is 4.90 Å². The first-order valence-electron chi connectivity index (χ1n) is 7.66. The SMILES string of the molecule is CN1/C(=C/C(=O)c2cccc([N+](=O)[O-])c2)C(C)(C)c2ccccc21. The number of allylic oxidation sites excluding steroid dienone is 2. The summed E-state index contributed by atoms with van der Waals surface area (Å²) >= 11 is 0. The van der Waals surface area contributed by atoms with Crippen LogP contribution in [0.2, 0.25) is 0 Å². The molecule has 0 aromatic heterocycles. The molecule has 0 spiro atoms. The van der Waals surface area contributed by atoms with Crippen LogP contribution in [0.25, 0.3) is 0 Å². The molecule has 0 fully saturated rings. The monoisotopic (exact) mass is 322 g/mol. The third kappa shape index (κ3) is 2.48. The molecule has 0 saturated heterocycles. The van der Waals surface area contributed by atoms with E-state index in [2.05, 4.69) is 19.9 Å². The number of anilines is 1. The lowest BCUT2D eigenvalue weighted by molar-refractivity contribution is -0.384. The summed E-state index contributed by atoms with van der Waals surface area (Å²) in [5, 5.41) is 10.9. The largest absolute Gasteiger partial charge is 0.347 e. The molecule has 1 aliphatic heterocycles. The summed E-state index contributed by atoms with van der Waals surface area (Å²) in [6.45, 7) is 4.14. The molecule has 5 nitrogen and oxygen atoms in total. The predicted molar refractivity (Wildman–Crippen MR) is 93.4 cm³/mol. The number of benzene rings is 2. The maximum atomic E-state index is 12.6. The van der Waals surface area contributed by atoms with Gasteiger partial charge in [-0.25, -0.2) is 0 Å². The van der Waals surface area contributed by atoms with E-state index in [9.17, 15) is 14.9 Å². The number of hydrogen-bond acceptors (Lipinski definition) is 4. The molecule has 24 heavy (non-hydrogen) atoms. The third-order valence-electron chi connectivity index (χ3n) is 4.55. The van der Waals surface area contributed by atoms with E-state index in [1.807, 2.05) is 30.1 Å². The number of carbonyl (C=O) groups is 1. The van der Waals surface area contributed by atoms with Crippen LogP contribution in [0.1, 0.15) is 29.8 Å². The molecule has 5 heteroatoms. The number of likely N-dealkylation sites (N-methyl/N-ethyl adjacent to an activating group) is 1. The van der Waals surface area contributed by atoms with E-state index in [0.717, 1.165) is 16.9 Å². The van der Waals surface area contributed by atoms with E-state index < -0.39 is 4.92 Å². The van der Waals surface area contributed by atoms with Crippen LogP contribution in [-0.4, -0.2) is 17.8 Å². The smallest absolute Gasteiger partial charge is 0.270 e. The number of nitro benzene ring substituents is 1. The Bertz CT molecular complexity index is 868. The van der Waals surface area contributed by atoms with Crippen LogP contribution >= 0.6 is 0 Å². The van der Waals surface area contributed by atoms with Gasteiger partial charge in [0.15, 0.2) is 5.78 Å². The van der Waals surface area contributed by atoms with Crippen LogP contribution in [0.4, 0.5) is 11.4 Å². The normalized spacial score (nSPS) is 17.0. The van der Waals surface area contributed by atoms with Crippen molar-refractivity contribution >= 4 is 17.2 Å². The molecular formula is C19H18N2O3. The molecule has 0 bridgehead atoms. The summed E-state index contributed by atoms with van der Waals surface area (Å²) in [6, 6.07) is 13.9. The van der Waals surface area contributed by atoms with E-state index in [0.29, 0.717) is 5.56 Å². The molecule has 2 aromatic rings. The zero-order chi connectivity index (χ0) is 17.5. The van der Waals surface area contributed by atoms with Crippen LogP contribution in [0, 0.1) is 10.1 Å². The summed E-state index contributed by atoms with van der Waals surface area (Å²) < 4.78 is 0. The van der Waals surface area contributed by atoms with Crippen molar-refractivity contribution in [3.05, 3.63) is 81.5 Å². The maximum absolute atomic E-state index is 12.6. The molecule has 0 radical (unpaired) electrons. The van der Waals surface area contributed by atoms with Crippen molar-refractivity contribution in [1.82, 2.24) is 0 Å². The zero-order valence-electron chi connectivity index (χ0n) is 13.8. The molecule has 2 aromatic carbocycles. The van der Waals surface area contributed by atoms with Crippen LogP contribution in [-0.2, 0) is 5.41 Å². The fraction of sp³-hybridized carbons (Fsp3) is 0.211. The molecule has 0 N–H and O–H groups in total. The second-order valence-electron chi connectivity index (χ2n) is 6.40. The lowest BCUT2D eigenvalue weighted by Crippen LogP contribution is -2.24. The first-order valence-corrected chi connectivity index (χ1v) is 7.66. The Morgan fingerprint density at radius 3 is 2.54 bits per heavy atom. The second kappa shape index (κ2) is 5.60. The highest BCUT2D eigenvalue weighted by atomic mass is 16.6. The Hall–Kier alpha value is -2.95. The Morgan fingerprint density at radius 1 is 1.17 bits per heavy atom. The number of fused-ring (bicyclic) bond motifs is 1. The van der Waals surface area contributed by atoms with Gasteiger partial charge in [0, 0.05) is 47.6 Å². The van der Waals surface area contributed by atoms with Gasteiger partial charge in [-0.05, 0) is 11.6 Å². The highest BCUT2D eigenvalue weighted by molar-refractivity contribution is 6.06. The Balaban J connectivity index is 2.02. The number of non-ortho nitro benzene ring substituents is 1. The number of carbonyl (C=O) groups excluding carboxylic acids is 1. The topological polar surface area (TPSA) is 63.5 Å². The molecule has 0 saturated carbocycles. The quantitative estimate of drug-likeness (QED) is 0.369. The van der Waals surface area contributed by atoms with Gasteiger partial charge in [0.1, 0.15) is 0 Å². The van der Waals surface area contributed by atoms with Crippen molar-refractivity contribution in [2.75, 3.05) is 11.9 Å². The highest BCUT2D eigenvalue weighted by Gasteiger charge is 2.38. The number of rotatable bonds is 3. The van der Waals surface area contributed by atoms with E-state index in [4.69, 9.17) is 0 Å². The van der Waals surface area contributed by atoms with Gasteiger partial charge in [0.2, 0.25) is 0 Å². The summed E-state index contributed by atoms with van der Waals surface area (Å²) in [5.41, 5.74) is 3.03. The van der Waals surface area contributed by atoms with Gasteiger partial charge in [-0.1, -0.05) is 44.2 Å². The molecule has 1 heterocycles. The first kappa shape index (κ1) is 15.9. The Kier molecular flexibility index (Phi) is 3.72. The van der Waals surface area contributed by atoms with Crippen molar-refractivity contribution in [2.45, 2.75) is 19.3 Å². The standard InChI is InChI=1S/C19H18N2O3/c1-19(2)15-9-4-5-10-16(15)20(3)18(19)12-17(22)13-7-6-8-14(11-13)21(23)24/h4-12H,1-3H3/b18-12+. The van der Waals surface area contributed by atoms with Gasteiger partial charge in [0.05, 0.1) is 4.92 Å². The van der Waals surface area contributed by atoms with Crippen LogP contribution in [0.5, 0.6) is 0 Å². The molecule has 0 unspecified atom stereocenters. The number of nitro groups is 1. The highest BCUT2D eigenvalue weighted by Crippen LogP contribution is 2.46. The first-order chi connectivity index (χ1) is 11.3. The molecule has 0 amide bonds. The Morgan fingerprint density at radius 2 is 1.88 bits per heavy atom. The third-order valence-corrected chi connectivity index (χ3v) is 4.55. The number of ketones is 1. The number of hydrogen-bond donors (Lipinski definition) is 0. The summed E-state index contributed by atoms with van der Waals surface area (Å²) in [6.07, 6.45) is 1.58. The summed E-state index contributed by atoms with van der Waals surface area (Å²) in [4.78, 5) is 25.0. The zero-order valence-corrected chi connectivity index (χ0v) is 13.8. The minimum absolute atomic E-state index is 0.0819. The number of para-hydroxylation sites is 1. The fourth-order valence-corrected chi connectivity index (χ4v) is 3.24. The predicted octanol–water partition coefficient (Wildman–Crippen LogP) is 4.09. The summed E-state index contributed by atoms with van der Waals surface area (Å²) in [7, 11) is 1.93. The minimum atomic E-state index is -0.495. The van der Waals surface area contributed by atoms with E-state index in [1.54, 1.807) is 12.1 Å². The lowest BCUT2D eigenvalue weighted by Gasteiger charge is -2.23. The minimum Gasteiger partial charge on any atom is -0.347 e. The lowest BCUT2D eigenvalue weighted by atomic mass is 9.83. The average molecular weight is 322 g/mol. The van der Waals surface area contributed by atoms with Gasteiger partial charge in [-0.15, -0.1) is 0 Å². The molecular weight excluding hydrogens is 304 g/mol. The van der Waals surface area contributed by atoms with Crippen LogP contribution in [0.15, 0.2) is 60.3 Å². The van der Waals surface area contributed by atoms with Gasteiger partial charge >= 0.3 is 0 Å². The fourth-order valence-electron chi connectivity index (χ4n) is 3.24. The van der Waals surface area contributed by atoms with E-state index in [-0.39, 0.29) is 16.9 Å². The van der Waals surface area contributed by atoms with Gasteiger partial charge < -0.3 is 4.90 Å². The van der Waals surface area contributed by atoms with Crippen molar-refractivity contribution < 1.29 is 9.72 Å². The number of nitrogens with zero attached hydrogens (tertiary/aromatic N) is 2. The van der Waals surface area contributed by atoms with Crippen LogP contribution in [0.3, 0.4) is 0 Å². The molecule has 3 rings (SSSR count). The van der Waals surface area contributed by atoms with Gasteiger partial charge in [-0.2, -0.15) is 0 Å². The maximum Gasteiger partial charge on any atom is 0.270 e. The molecule has 122 valence electrons. The van der Waals surface area contributed by atoms with Crippen molar-refractivity contribution in [3.63, 3.8) is 0 Å². The second-order valence-corrected chi connectivity index (χ2v) is 6.40. The average Bonchev–Trinajstić information content (AvgIpc) is 2.76. The van der Waals surface area contributed by atoms with Gasteiger partial charge in [-0.3, -0.25) is 14.9 Å². The van der Waals surface area contributed by atoms with Crippen molar-refractivity contribution in [3.8, 4) is 0 Å². The van der Waals surface area contributed by atoms with E-state index in [1.165, 1.54) is 18.2 Å². The molecule has 0 atom stereocenters. The van der Waals surface area contributed by atoms with Crippen molar-refractivity contribution in [2.24, 2.45) is 0 Å². The molecule has 0 aliphatic carbocycles. The molecule has 1 aliphatic rings. The van der Waals surface area contributed by atoms with Crippen molar-refractivity contribution in [1.29, 1.82) is 0 Å². The van der Waals surface area contributed by atoms with Gasteiger partial charge in [0.25, 0.3) is 5.69 Å². The Labute approximate surface area is 140 Å². The van der Waals surface area contributed by atoms with E-state index >= 15 is 0 Å².